The SMILES string of the molecule is CC1CCCN(C(=O)N2CCOC3CCCC32)C1C(=O)O. The molecule has 2 aliphatic heterocycles. The van der Waals surface area contributed by atoms with Gasteiger partial charge in [0.2, 0.25) is 0 Å². The monoisotopic (exact) mass is 296 g/mol. The number of likely N-dealkylation sites (tertiary alicyclic amines) is 1. The average molecular weight is 296 g/mol. The zero-order valence-corrected chi connectivity index (χ0v) is 12.5. The number of hydrogen-bond donors (Lipinski definition) is 1. The van der Waals surface area contributed by atoms with Gasteiger partial charge >= 0.3 is 12.0 Å². The van der Waals surface area contributed by atoms with Crippen molar-refractivity contribution >= 4 is 12.0 Å². The zero-order chi connectivity index (χ0) is 15.0. The summed E-state index contributed by atoms with van der Waals surface area (Å²) in [5.74, 6) is -0.868. The van der Waals surface area contributed by atoms with Crippen molar-refractivity contribution in [3.05, 3.63) is 0 Å². The number of hydrogen-bond acceptors (Lipinski definition) is 3. The highest BCUT2D eigenvalue weighted by Gasteiger charge is 2.44. The van der Waals surface area contributed by atoms with Crippen molar-refractivity contribution in [2.75, 3.05) is 19.7 Å². The number of aliphatic carboxylic acids is 1. The molecule has 3 aliphatic rings. The van der Waals surface area contributed by atoms with Crippen LogP contribution in [0.2, 0.25) is 0 Å². The van der Waals surface area contributed by atoms with Gasteiger partial charge in [-0.1, -0.05) is 6.92 Å². The Bertz CT molecular complexity index is 428. The quantitative estimate of drug-likeness (QED) is 0.797. The van der Waals surface area contributed by atoms with Crippen LogP contribution in [0.3, 0.4) is 0 Å². The van der Waals surface area contributed by atoms with Gasteiger partial charge in [-0.2, -0.15) is 0 Å². The maximum atomic E-state index is 12.9. The Kier molecular flexibility index (Phi) is 4.06. The molecule has 3 fully saturated rings. The fraction of sp³-hybridized carbons (Fsp3) is 0.867. The van der Waals surface area contributed by atoms with Crippen LogP contribution in [0.1, 0.15) is 39.0 Å². The highest BCUT2D eigenvalue weighted by Crippen LogP contribution is 2.32. The van der Waals surface area contributed by atoms with Crippen LogP contribution in [0, 0.1) is 5.92 Å². The lowest BCUT2D eigenvalue weighted by molar-refractivity contribution is -0.145. The summed E-state index contributed by atoms with van der Waals surface area (Å²) in [5, 5.41) is 9.48. The molecule has 3 rings (SSSR count). The molecular weight excluding hydrogens is 272 g/mol. The Morgan fingerprint density at radius 3 is 2.67 bits per heavy atom. The molecule has 21 heavy (non-hydrogen) atoms. The van der Waals surface area contributed by atoms with Gasteiger partial charge in [-0.3, -0.25) is 0 Å². The molecule has 0 bridgehead atoms. The lowest BCUT2D eigenvalue weighted by Crippen LogP contribution is -2.60. The predicted molar refractivity (Wildman–Crippen MR) is 76.0 cm³/mol. The van der Waals surface area contributed by atoms with E-state index in [4.69, 9.17) is 4.74 Å². The first-order valence-corrected chi connectivity index (χ1v) is 8.01. The van der Waals surface area contributed by atoms with E-state index in [-0.39, 0.29) is 24.1 Å². The standard InChI is InChI=1S/C15H24N2O4/c1-10-4-3-7-17(13(10)14(18)19)15(20)16-8-9-21-12-6-2-5-11(12)16/h10-13H,2-9H2,1H3,(H,18,19). The largest absolute Gasteiger partial charge is 0.480 e. The van der Waals surface area contributed by atoms with E-state index in [0.29, 0.717) is 19.7 Å². The predicted octanol–water partition coefficient (Wildman–Crippen LogP) is 1.54. The van der Waals surface area contributed by atoms with Crippen LogP contribution in [-0.4, -0.2) is 64.8 Å². The van der Waals surface area contributed by atoms with Crippen LogP contribution in [0.15, 0.2) is 0 Å². The molecule has 6 nitrogen and oxygen atoms in total. The summed E-state index contributed by atoms with van der Waals surface area (Å²) in [7, 11) is 0. The number of urea groups is 1. The van der Waals surface area contributed by atoms with E-state index in [1.54, 1.807) is 4.90 Å². The molecular formula is C15H24N2O4. The van der Waals surface area contributed by atoms with Crippen molar-refractivity contribution < 1.29 is 19.4 Å². The van der Waals surface area contributed by atoms with E-state index < -0.39 is 12.0 Å². The Balaban J connectivity index is 1.77. The number of amides is 2. The topological polar surface area (TPSA) is 70.1 Å². The summed E-state index contributed by atoms with van der Waals surface area (Å²) in [6.07, 6.45) is 4.96. The molecule has 6 heteroatoms. The van der Waals surface area contributed by atoms with E-state index in [1.165, 1.54) is 0 Å². The summed E-state index contributed by atoms with van der Waals surface area (Å²) < 4.78 is 5.74. The third kappa shape index (κ3) is 2.61. The van der Waals surface area contributed by atoms with Crippen molar-refractivity contribution in [2.24, 2.45) is 5.92 Å². The summed E-state index contributed by atoms with van der Waals surface area (Å²) in [6.45, 7) is 3.62. The average Bonchev–Trinajstić information content (AvgIpc) is 2.94. The maximum Gasteiger partial charge on any atom is 0.326 e. The van der Waals surface area contributed by atoms with Crippen LogP contribution in [0.4, 0.5) is 4.79 Å². The van der Waals surface area contributed by atoms with Gasteiger partial charge in [0.05, 0.1) is 18.8 Å². The number of carboxylic acid groups (broad SMARTS) is 1. The lowest BCUT2D eigenvalue weighted by atomic mass is 9.91. The molecule has 4 unspecified atom stereocenters. The fourth-order valence-electron chi connectivity index (χ4n) is 4.11. The second kappa shape index (κ2) is 5.83. The second-order valence-electron chi connectivity index (χ2n) is 6.48. The number of fused-ring (bicyclic) bond motifs is 1. The Hall–Kier alpha value is -1.30. The molecule has 0 aromatic heterocycles. The maximum absolute atomic E-state index is 12.9. The summed E-state index contributed by atoms with van der Waals surface area (Å²) in [6, 6.07) is -0.652. The third-order valence-electron chi connectivity index (χ3n) is 5.16. The number of piperidine rings is 1. The van der Waals surface area contributed by atoms with Crippen molar-refractivity contribution in [3.63, 3.8) is 0 Å². The molecule has 0 aromatic carbocycles. The van der Waals surface area contributed by atoms with Crippen LogP contribution in [0.5, 0.6) is 0 Å². The first-order valence-electron chi connectivity index (χ1n) is 8.01. The number of carboxylic acids is 1. The van der Waals surface area contributed by atoms with Gasteiger partial charge in [-0.15, -0.1) is 0 Å². The number of rotatable bonds is 1. The van der Waals surface area contributed by atoms with Gasteiger partial charge in [0.1, 0.15) is 6.04 Å². The van der Waals surface area contributed by atoms with Gasteiger partial charge in [-0.25, -0.2) is 9.59 Å². The van der Waals surface area contributed by atoms with E-state index in [1.807, 2.05) is 11.8 Å². The first kappa shape index (κ1) is 14.6. The molecule has 0 radical (unpaired) electrons. The normalized spacial score (nSPS) is 36.4. The van der Waals surface area contributed by atoms with E-state index >= 15 is 0 Å². The van der Waals surface area contributed by atoms with Gasteiger partial charge < -0.3 is 19.6 Å². The summed E-state index contributed by atoms with van der Waals surface area (Å²) in [4.78, 5) is 27.9. The third-order valence-corrected chi connectivity index (χ3v) is 5.16. The molecule has 0 spiro atoms. The number of nitrogens with zero attached hydrogens (tertiary/aromatic N) is 2. The molecule has 2 saturated heterocycles. The van der Waals surface area contributed by atoms with Crippen LogP contribution < -0.4 is 0 Å². The first-order chi connectivity index (χ1) is 10.1. The Labute approximate surface area is 125 Å². The number of carbonyl (C=O) groups excluding carboxylic acids is 1. The molecule has 4 atom stereocenters. The lowest BCUT2D eigenvalue weighted by Gasteiger charge is -2.44. The van der Waals surface area contributed by atoms with Crippen molar-refractivity contribution in [1.29, 1.82) is 0 Å². The van der Waals surface area contributed by atoms with Crippen LogP contribution in [0.25, 0.3) is 0 Å². The van der Waals surface area contributed by atoms with Crippen LogP contribution in [-0.2, 0) is 9.53 Å². The number of carbonyl (C=O) groups is 2. The number of ether oxygens (including phenoxy) is 1. The highest BCUT2D eigenvalue weighted by atomic mass is 16.5. The van der Waals surface area contributed by atoms with Crippen molar-refractivity contribution in [3.8, 4) is 0 Å². The van der Waals surface area contributed by atoms with Gasteiger partial charge in [0, 0.05) is 13.1 Å². The summed E-state index contributed by atoms with van der Waals surface area (Å²) in [5.41, 5.74) is 0. The van der Waals surface area contributed by atoms with E-state index in [0.717, 1.165) is 32.1 Å². The molecule has 2 heterocycles. The van der Waals surface area contributed by atoms with Gasteiger partial charge in [0.25, 0.3) is 0 Å². The molecule has 118 valence electrons. The second-order valence-corrected chi connectivity index (χ2v) is 6.48. The van der Waals surface area contributed by atoms with Crippen molar-refractivity contribution in [1.82, 2.24) is 9.80 Å². The Morgan fingerprint density at radius 2 is 1.90 bits per heavy atom. The van der Waals surface area contributed by atoms with Crippen molar-refractivity contribution in [2.45, 2.75) is 57.2 Å². The molecule has 1 saturated carbocycles. The van der Waals surface area contributed by atoms with Gasteiger partial charge in [0.15, 0.2) is 0 Å². The van der Waals surface area contributed by atoms with Crippen LogP contribution >= 0.6 is 0 Å². The summed E-state index contributed by atoms with van der Waals surface area (Å²) >= 11 is 0. The smallest absolute Gasteiger partial charge is 0.326 e. The molecule has 1 N–H and O–H groups in total. The molecule has 2 amide bonds. The minimum Gasteiger partial charge on any atom is -0.480 e. The van der Waals surface area contributed by atoms with E-state index in [9.17, 15) is 14.7 Å². The van der Waals surface area contributed by atoms with E-state index in [2.05, 4.69) is 0 Å². The Morgan fingerprint density at radius 1 is 1.10 bits per heavy atom. The molecule has 1 aliphatic carbocycles. The highest BCUT2D eigenvalue weighted by molar-refractivity contribution is 5.83. The minimum absolute atomic E-state index is 0.0145. The molecule has 0 aromatic rings. The fourth-order valence-corrected chi connectivity index (χ4v) is 4.11. The van der Waals surface area contributed by atoms with Gasteiger partial charge in [-0.05, 0) is 38.0 Å². The zero-order valence-electron chi connectivity index (χ0n) is 12.5. The minimum atomic E-state index is -0.883. The number of morpholine rings is 1.